The number of H-pyrrole nitrogens is 1. The van der Waals surface area contributed by atoms with Gasteiger partial charge in [0, 0.05) is 22.5 Å². The van der Waals surface area contributed by atoms with Gasteiger partial charge < -0.3 is 14.5 Å². The minimum absolute atomic E-state index is 0.359. The molecule has 0 saturated heterocycles. The predicted octanol–water partition coefficient (Wildman–Crippen LogP) is 2.50. The number of aromatic nitrogens is 1. The first-order valence-electron chi connectivity index (χ1n) is 5.55. The molecule has 19 heavy (non-hydrogen) atoms. The Morgan fingerprint density at radius 1 is 1.42 bits per heavy atom. The molecule has 5 nitrogen and oxygen atoms in total. The SMILES string of the molecule is COC(=O)c1cc2c(/C=C/C#N)c(OC)ccc2[nH]1. The van der Waals surface area contributed by atoms with Crippen molar-refractivity contribution in [3.05, 3.63) is 35.5 Å². The second-order valence-electron chi connectivity index (χ2n) is 3.78. The van der Waals surface area contributed by atoms with Crippen molar-refractivity contribution in [2.24, 2.45) is 0 Å². The summed E-state index contributed by atoms with van der Waals surface area (Å²) in [5.41, 5.74) is 1.88. The zero-order valence-electron chi connectivity index (χ0n) is 10.6. The van der Waals surface area contributed by atoms with Crippen LogP contribution in [0.1, 0.15) is 16.1 Å². The number of hydrogen-bond donors (Lipinski definition) is 1. The Hall–Kier alpha value is -2.74. The van der Waals surface area contributed by atoms with E-state index in [9.17, 15) is 4.79 Å². The van der Waals surface area contributed by atoms with Crippen molar-refractivity contribution in [1.29, 1.82) is 5.26 Å². The molecule has 0 bridgehead atoms. The van der Waals surface area contributed by atoms with Crippen molar-refractivity contribution in [2.75, 3.05) is 14.2 Å². The molecule has 5 heteroatoms. The molecule has 1 heterocycles. The molecule has 1 aromatic heterocycles. The minimum Gasteiger partial charge on any atom is -0.496 e. The normalized spacial score (nSPS) is 10.6. The highest BCUT2D eigenvalue weighted by Gasteiger charge is 2.13. The van der Waals surface area contributed by atoms with Crippen molar-refractivity contribution >= 4 is 22.9 Å². The predicted molar refractivity (Wildman–Crippen MR) is 70.8 cm³/mol. The van der Waals surface area contributed by atoms with Crippen molar-refractivity contribution in [3.63, 3.8) is 0 Å². The van der Waals surface area contributed by atoms with E-state index in [0.717, 1.165) is 16.5 Å². The van der Waals surface area contributed by atoms with Crippen LogP contribution in [0.15, 0.2) is 24.3 Å². The molecule has 0 spiro atoms. The molecule has 0 radical (unpaired) electrons. The summed E-state index contributed by atoms with van der Waals surface area (Å²) < 4.78 is 9.93. The van der Waals surface area contributed by atoms with Crippen LogP contribution < -0.4 is 4.74 Å². The van der Waals surface area contributed by atoms with Gasteiger partial charge in [0.2, 0.25) is 0 Å². The van der Waals surface area contributed by atoms with E-state index >= 15 is 0 Å². The van der Waals surface area contributed by atoms with E-state index in [2.05, 4.69) is 9.72 Å². The summed E-state index contributed by atoms with van der Waals surface area (Å²) in [4.78, 5) is 14.5. The molecule has 0 aliphatic rings. The highest BCUT2D eigenvalue weighted by molar-refractivity contribution is 5.99. The van der Waals surface area contributed by atoms with Gasteiger partial charge in [-0.25, -0.2) is 4.79 Å². The Morgan fingerprint density at radius 2 is 2.21 bits per heavy atom. The Morgan fingerprint density at radius 3 is 2.84 bits per heavy atom. The van der Waals surface area contributed by atoms with Crippen LogP contribution in [-0.4, -0.2) is 25.2 Å². The first kappa shape index (κ1) is 12.7. The fourth-order valence-electron chi connectivity index (χ4n) is 1.90. The van der Waals surface area contributed by atoms with Crippen molar-refractivity contribution in [2.45, 2.75) is 0 Å². The monoisotopic (exact) mass is 256 g/mol. The van der Waals surface area contributed by atoms with Gasteiger partial charge in [0.15, 0.2) is 0 Å². The zero-order valence-corrected chi connectivity index (χ0v) is 10.6. The number of fused-ring (bicyclic) bond motifs is 1. The molecule has 0 atom stereocenters. The molecular formula is C14H12N2O3. The summed E-state index contributed by atoms with van der Waals surface area (Å²) in [6, 6.07) is 7.20. The first-order chi connectivity index (χ1) is 9.21. The van der Waals surface area contributed by atoms with Gasteiger partial charge in [-0.2, -0.15) is 5.26 Å². The van der Waals surface area contributed by atoms with Crippen LogP contribution in [0.4, 0.5) is 0 Å². The van der Waals surface area contributed by atoms with Crippen LogP contribution in [0.3, 0.4) is 0 Å². The lowest BCUT2D eigenvalue weighted by atomic mass is 10.1. The first-order valence-corrected chi connectivity index (χ1v) is 5.55. The van der Waals surface area contributed by atoms with Crippen LogP contribution in [-0.2, 0) is 4.74 Å². The van der Waals surface area contributed by atoms with Gasteiger partial charge in [0.1, 0.15) is 11.4 Å². The molecule has 0 aliphatic carbocycles. The van der Waals surface area contributed by atoms with Gasteiger partial charge >= 0.3 is 5.97 Å². The molecule has 0 amide bonds. The number of benzene rings is 1. The van der Waals surface area contributed by atoms with E-state index in [-0.39, 0.29) is 0 Å². The van der Waals surface area contributed by atoms with Crippen LogP contribution in [0.5, 0.6) is 5.75 Å². The molecule has 2 rings (SSSR count). The summed E-state index contributed by atoms with van der Waals surface area (Å²) in [5.74, 6) is 0.194. The van der Waals surface area contributed by atoms with Gasteiger partial charge in [-0.1, -0.05) is 0 Å². The maximum atomic E-state index is 11.5. The van der Waals surface area contributed by atoms with E-state index in [1.807, 2.05) is 12.1 Å². The largest absolute Gasteiger partial charge is 0.496 e. The number of ether oxygens (including phenoxy) is 2. The number of carbonyl (C=O) groups is 1. The lowest BCUT2D eigenvalue weighted by Crippen LogP contribution is -2.00. The van der Waals surface area contributed by atoms with E-state index in [1.165, 1.54) is 13.2 Å². The number of aromatic amines is 1. The maximum absolute atomic E-state index is 11.5. The number of nitrogens with one attached hydrogen (secondary N) is 1. The molecule has 0 fully saturated rings. The quantitative estimate of drug-likeness (QED) is 0.676. The fraction of sp³-hybridized carbons (Fsp3) is 0.143. The average molecular weight is 256 g/mol. The number of carbonyl (C=O) groups excluding carboxylic acids is 1. The molecule has 1 N–H and O–H groups in total. The topological polar surface area (TPSA) is 75.1 Å². The summed E-state index contributed by atoms with van der Waals surface area (Å²) >= 11 is 0. The number of esters is 1. The number of nitriles is 1. The summed E-state index contributed by atoms with van der Waals surface area (Å²) in [7, 11) is 2.88. The van der Waals surface area contributed by atoms with Crippen LogP contribution in [0.25, 0.3) is 17.0 Å². The smallest absolute Gasteiger partial charge is 0.354 e. The van der Waals surface area contributed by atoms with Gasteiger partial charge in [-0.05, 0) is 24.3 Å². The number of rotatable bonds is 3. The lowest BCUT2D eigenvalue weighted by molar-refractivity contribution is 0.0595. The Bertz CT molecular complexity index is 693. The molecule has 0 unspecified atom stereocenters. The fourth-order valence-corrected chi connectivity index (χ4v) is 1.90. The average Bonchev–Trinajstić information content (AvgIpc) is 2.87. The zero-order chi connectivity index (χ0) is 13.8. The number of allylic oxidation sites excluding steroid dienone is 1. The maximum Gasteiger partial charge on any atom is 0.354 e. The third-order valence-electron chi connectivity index (χ3n) is 2.75. The van der Waals surface area contributed by atoms with Crippen LogP contribution in [0, 0.1) is 11.3 Å². The standard InChI is InChI=1S/C14H12N2O3/c1-18-13-6-5-11-10(9(13)4-3-7-15)8-12(16-11)14(17)19-2/h3-6,8,16H,1-2H3/b4-3+. The van der Waals surface area contributed by atoms with Crippen LogP contribution >= 0.6 is 0 Å². The Labute approximate surface area is 110 Å². The minimum atomic E-state index is -0.439. The van der Waals surface area contributed by atoms with Gasteiger partial charge in [0.05, 0.1) is 20.3 Å². The summed E-state index contributed by atoms with van der Waals surface area (Å²) in [5, 5.41) is 9.43. The summed E-state index contributed by atoms with van der Waals surface area (Å²) in [6.07, 6.45) is 3.01. The van der Waals surface area contributed by atoms with E-state index < -0.39 is 5.97 Å². The van der Waals surface area contributed by atoms with Gasteiger partial charge in [-0.3, -0.25) is 0 Å². The third kappa shape index (κ3) is 2.29. The third-order valence-corrected chi connectivity index (χ3v) is 2.75. The second kappa shape index (κ2) is 5.27. The number of hydrogen-bond acceptors (Lipinski definition) is 4. The highest BCUT2D eigenvalue weighted by Crippen LogP contribution is 2.30. The van der Waals surface area contributed by atoms with Crippen molar-refractivity contribution < 1.29 is 14.3 Å². The van der Waals surface area contributed by atoms with E-state index in [4.69, 9.17) is 10.00 Å². The number of nitrogens with zero attached hydrogens (tertiary/aromatic N) is 1. The lowest BCUT2D eigenvalue weighted by Gasteiger charge is -2.05. The van der Waals surface area contributed by atoms with Crippen molar-refractivity contribution in [1.82, 2.24) is 4.98 Å². The molecule has 2 aromatic rings. The molecule has 0 saturated carbocycles. The molecular weight excluding hydrogens is 244 g/mol. The molecule has 96 valence electrons. The van der Waals surface area contributed by atoms with E-state index in [0.29, 0.717) is 11.4 Å². The second-order valence-corrected chi connectivity index (χ2v) is 3.78. The summed E-state index contributed by atoms with van der Waals surface area (Å²) in [6.45, 7) is 0. The Kier molecular flexibility index (Phi) is 3.53. The van der Waals surface area contributed by atoms with Crippen LogP contribution in [0.2, 0.25) is 0 Å². The van der Waals surface area contributed by atoms with Gasteiger partial charge in [-0.15, -0.1) is 0 Å². The molecule has 1 aromatic carbocycles. The van der Waals surface area contributed by atoms with Crippen molar-refractivity contribution in [3.8, 4) is 11.8 Å². The van der Waals surface area contributed by atoms with E-state index in [1.54, 1.807) is 25.3 Å². The highest BCUT2D eigenvalue weighted by atomic mass is 16.5. The van der Waals surface area contributed by atoms with Gasteiger partial charge in [0.25, 0.3) is 0 Å². The Balaban J connectivity index is 2.67. The molecule has 0 aliphatic heterocycles. The number of methoxy groups -OCH3 is 2.